The number of nitrogens with one attached hydrogen (secondary N) is 2. The number of ether oxygens (including phenoxy) is 2. The Bertz CT molecular complexity index is 1310. The number of hydrogen-bond acceptors (Lipinski definition) is 6. The largest absolute Gasteiger partial charge is 0.507 e. The van der Waals surface area contributed by atoms with Gasteiger partial charge in [-0.2, -0.15) is 0 Å². The molecule has 3 N–H and O–H groups in total. The highest BCUT2D eigenvalue weighted by Gasteiger charge is 2.19. The zero-order valence-electron chi connectivity index (χ0n) is 18.5. The molecule has 0 radical (unpaired) electrons. The minimum atomic E-state index is -1.06. The first kappa shape index (κ1) is 27.4. The van der Waals surface area contributed by atoms with Gasteiger partial charge in [0.2, 0.25) is 0 Å². The number of halogens is 4. The highest BCUT2D eigenvalue weighted by molar-refractivity contribution is 6.39. The highest BCUT2D eigenvalue weighted by Crippen LogP contribution is 2.39. The van der Waals surface area contributed by atoms with Crippen LogP contribution in [0.2, 0.25) is 20.1 Å². The molecule has 3 aromatic rings. The molecule has 0 aliphatic heterocycles. The smallest absolute Gasteiger partial charge is 0.397 e. The maximum absolute atomic E-state index is 12.7. The van der Waals surface area contributed by atoms with Crippen LogP contribution in [0.4, 0.5) is 5.69 Å². The molecule has 12 heteroatoms. The molecule has 2 amide bonds. The summed E-state index contributed by atoms with van der Waals surface area (Å²) >= 11 is 24.5. The van der Waals surface area contributed by atoms with Crippen molar-refractivity contribution in [3.05, 3.63) is 79.7 Å². The van der Waals surface area contributed by atoms with E-state index in [9.17, 15) is 19.5 Å². The Morgan fingerprint density at radius 2 is 1.61 bits per heavy atom. The predicted octanol–water partition coefficient (Wildman–Crippen LogP) is 6.23. The van der Waals surface area contributed by atoms with Crippen LogP contribution >= 0.6 is 46.4 Å². The second-order valence-electron chi connectivity index (χ2n) is 7.14. The van der Waals surface area contributed by atoms with E-state index in [-0.39, 0.29) is 51.7 Å². The number of anilines is 1. The van der Waals surface area contributed by atoms with Gasteiger partial charge < -0.3 is 25.2 Å². The predicted molar refractivity (Wildman–Crippen MR) is 138 cm³/mol. The van der Waals surface area contributed by atoms with Crippen LogP contribution in [0.5, 0.6) is 17.2 Å². The summed E-state index contributed by atoms with van der Waals surface area (Å²) in [6, 6.07) is 11.5. The van der Waals surface area contributed by atoms with E-state index in [0.29, 0.717) is 15.6 Å². The van der Waals surface area contributed by atoms with Crippen LogP contribution < -0.4 is 15.4 Å². The molecule has 0 bridgehead atoms. The summed E-state index contributed by atoms with van der Waals surface area (Å²) in [6.07, 6.45) is 0. The minimum absolute atomic E-state index is 0.0121. The highest BCUT2D eigenvalue weighted by atomic mass is 35.5. The molecule has 0 unspecified atom stereocenters. The van der Waals surface area contributed by atoms with Crippen molar-refractivity contribution in [3.63, 3.8) is 0 Å². The molecule has 3 aromatic carbocycles. The Kier molecular flexibility index (Phi) is 9.28. The van der Waals surface area contributed by atoms with Gasteiger partial charge in [-0.15, -0.1) is 0 Å². The van der Waals surface area contributed by atoms with E-state index in [1.54, 1.807) is 25.1 Å². The molecule has 0 aliphatic rings. The number of esters is 1. The Morgan fingerprint density at radius 1 is 0.917 bits per heavy atom. The van der Waals surface area contributed by atoms with Crippen molar-refractivity contribution >= 4 is 69.9 Å². The molecule has 0 fully saturated rings. The van der Waals surface area contributed by atoms with Crippen molar-refractivity contribution in [2.24, 2.45) is 0 Å². The van der Waals surface area contributed by atoms with Crippen LogP contribution in [-0.2, 0) is 20.9 Å². The van der Waals surface area contributed by atoms with E-state index < -0.39 is 17.8 Å². The molecule has 0 saturated carbocycles. The standard InChI is InChI=1S/C24H18Cl4N2O6/c1-2-35-24(34)23(33)30-14-8-18(27)21(19(28)9-14)36-15-5-6-20(31)16(10-15)22(32)29-11-12-3-4-13(25)7-17(12)26/h3-10,31H,2,11H2,1H3,(H,29,32)(H,30,33). The maximum Gasteiger partial charge on any atom is 0.397 e. The van der Waals surface area contributed by atoms with Gasteiger partial charge in [0.05, 0.1) is 22.2 Å². The van der Waals surface area contributed by atoms with E-state index in [0.717, 1.165) is 0 Å². The van der Waals surface area contributed by atoms with Crippen molar-refractivity contribution in [1.29, 1.82) is 0 Å². The average Bonchev–Trinajstić information content (AvgIpc) is 2.81. The molecule has 0 heterocycles. The number of benzene rings is 3. The van der Waals surface area contributed by atoms with E-state index >= 15 is 0 Å². The Labute approximate surface area is 226 Å². The molecule has 0 aliphatic carbocycles. The molecule has 0 aromatic heterocycles. The maximum atomic E-state index is 12.7. The number of amides is 2. The molecule has 36 heavy (non-hydrogen) atoms. The van der Waals surface area contributed by atoms with E-state index in [1.807, 2.05) is 0 Å². The molecule has 0 saturated heterocycles. The van der Waals surface area contributed by atoms with Gasteiger partial charge in [-0.25, -0.2) is 4.79 Å². The van der Waals surface area contributed by atoms with Gasteiger partial charge in [0.1, 0.15) is 11.5 Å². The monoisotopic (exact) mass is 570 g/mol. The number of phenolic OH excluding ortho intramolecular Hbond substituents is 1. The van der Waals surface area contributed by atoms with Crippen LogP contribution in [0.25, 0.3) is 0 Å². The fourth-order valence-electron chi connectivity index (χ4n) is 2.92. The zero-order valence-corrected chi connectivity index (χ0v) is 21.6. The average molecular weight is 572 g/mol. The molecule has 3 rings (SSSR count). The lowest BCUT2D eigenvalue weighted by Crippen LogP contribution is -2.24. The Balaban J connectivity index is 1.75. The van der Waals surface area contributed by atoms with Gasteiger partial charge in [-0.1, -0.05) is 52.5 Å². The quantitative estimate of drug-likeness (QED) is 0.229. The fraction of sp³-hybridized carbons (Fsp3) is 0.125. The summed E-state index contributed by atoms with van der Waals surface area (Å²) in [6.45, 7) is 1.71. The van der Waals surface area contributed by atoms with Crippen LogP contribution in [-0.4, -0.2) is 29.5 Å². The Hall–Kier alpha value is -3.17. The number of carbonyl (C=O) groups excluding carboxylic acids is 3. The summed E-state index contributed by atoms with van der Waals surface area (Å²) in [5.41, 5.74) is 0.709. The Morgan fingerprint density at radius 3 is 2.25 bits per heavy atom. The molecular formula is C24H18Cl4N2O6. The van der Waals surface area contributed by atoms with Crippen LogP contribution in [0.3, 0.4) is 0 Å². The number of hydrogen-bond donors (Lipinski definition) is 3. The SMILES string of the molecule is CCOC(=O)C(=O)Nc1cc(Cl)c(Oc2ccc(O)c(C(=O)NCc3ccc(Cl)cc3Cl)c2)c(Cl)c1. The number of carbonyl (C=O) groups is 3. The van der Waals surface area contributed by atoms with E-state index in [2.05, 4.69) is 15.4 Å². The molecule has 188 valence electrons. The summed E-state index contributed by atoms with van der Waals surface area (Å²) in [7, 11) is 0. The normalized spacial score (nSPS) is 10.5. The minimum Gasteiger partial charge on any atom is -0.507 e. The first-order valence-corrected chi connectivity index (χ1v) is 11.8. The van der Waals surface area contributed by atoms with Crippen LogP contribution in [0.1, 0.15) is 22.8 Å². The molecule has 8 nitrogen and oxygen atoms in total. The van der Waals surface area contributed by atoms with Gasteiger partial charge >= 0.3 is 11.9 Å². The van der Waals surface area contributed by atoms with E-state index in [4.69, 9.17) is 51.1 Å². The fourth-order valence-corrected chi connectivity index (χ4v) is 3.96. The van der Waals surface area contributed by atoms with Gasteiger partial charge in [0.25, 0.3) is 5.91 Å². The van der Waals surface area contributed by atoms with Gasteiger partial charge in [0.15, 0.2) is 5.75 Å². The molecule has 0 atom stereocenters. The first-order valence-electron chi connectivity index (χ1n) is 10.3. The van der Waals surface area contributed by atoms with Crippen molar-refractivity contribution in [2.45, 2.75) is 13.5 Å². The third-order valence-electron chi connectivity index (χ3n) is 4.60. The summed E-state index contributed by atoms with van der Waals surface area (Å²) in [4.78, 5) is 36.0. The number of rotatable bonds is 7. The number of phenols is 1. The third-order valence-corrected chi connectivity index (χ3v) is 5.75. The van der Waals surface area contributed by atoms with Gasteiger partial charge in [0, 0.05) is 22.3 Å². The molecule has 0 spiro atoms. The zero-order chi connectivity index (χ0) is 26.4. The lowest BCUT2D eigenvalue weighted by molar-refractivity contribution is -0.152. The first-order chi connectivity index (χ1) is 17.1. The lowest BCUT2D eigenvalue weighted by atomic mass is 10.1. The van der Waals surface area contributed by atoms with E-state index in [1.165, 1.54) is 30.3 Å². The number of aromatic hydroxyl groups is 1. The second kappa shape index (κ2) is 12.2. The van der Waals surface area contributed by atoms with Crippen LogP contribution in [0.15, 0.2) is 48.5 Å². The molecular weight excluding hydrogens is 554 g/mol. The van der Waals surface area contributed by atoms with Crippen LogP contribution in [0, 0.1) is 0 Å². The third kappa shape index (κ3) is 6.95. The topological polar surface area (TPSA) is 114 Å². The van der Waals surface area contributed by atoms with Crippen molar-refractivity contribution < 1.29 is 29.0 Å². The van der Waals surface area contributed by atoms with Gasteiger partial charge in [-0.3, -0.25) is 9.59 Å². The summed E-state index contributed by atoms with van der Waals surface area (Å²) < 4.78 is 10.4. The van der Waals surface area contributed by atoms with Crippen molar-refractivity contribution in [1.82, 2.24) is 5.32 Å². The summed E-state index contributed by atoms with van der Waals surface area (Å²) in [5, 5.41) is 16.0. The lowest BCUT2D eigenvalue weighted by Gasteiger charge is -2.14. The van der Waals surface area contributed by atoms with Crippen molar-refractivity contribution in [2.75, 3.05) is 11.9 Å². The second-order valence-corrected chi connectivity index (χ2v) is 8.80. The van der Waals surface area contributed by atoms with Crippen molar-refractivity contribution in [3.8, 4) is 17.2 Å². The summed E-state index contributed by atoms with van der Waals surface area (Å²) in [5.74, 6) is -2.74. The van der Waals surface area contributed by atoms with Gasteiger partial charge in [-0.05, 0) is 55.0 Å².